The molecule has 0 saturated heterocycles. The first kappa shape index (κ1) is 20.5. The number of para-hydroxylation sites is 1. The predicted molar refractivity (Wildman–Crippen MR) is 146 cm³/mol. The van der Waals surface area contributed by atoms with Gasteiger partial charge in [-0.25, -0.2) is 0 Å². The van der Waals surface area contributed by atoms with E-state index in [1.807, 2.05) is 6.07 Å². The molecule has 0 aromatic heterocycles. The Morgan fingerprint density at radius 1 is 0.457 bits per heavy atom. The average molecular weight is 453 g/mol. The summed E-state index contributed by atoms with van der Waals surface area (Å²) in [6, 6.07) is 35.5. The smallest absolute Gasteiger partial charge is 0.131 e. The molecule has 0 unspecified atom stereocenters. The molecule has 35 heavy (non-hydrogen) atoms. The van der Waals surface area contributed by atoms with Gasteiger partial charge in [0.15, 0.2) is 0 Å². The van der Waals surface area contributed by atoms with Gasteiger partial charge in [-0.05, 0) is 80.6 Å². The molecule has 5 aromatic carbocycles. The van der Waals surface area contributed by atoms with E-state index in [1.54, 1.807) is 0 Å². The molecule has 2 aliphatic rings. The van der Waals surface area contributed by atoms with E-state index in [-0.39, 0.29) is 10.8 Å². The Labute approximate surface area is 207 Å². The van der Waals surface area contributed by atoms with Crippen LogP contribution in [0.5, 0.6) is 11.5 Å². The van der Waals surface area contributed by atoms with E-state index in [4.69, 9.17) is 4.74 Å². The maximum atomic E-state index is 6.29. The van der Waals surface area contributed by atoms with Crippen LogP contribution >= 0.6 is 0 Å². The quantitative estimate of drug-likeness (QED) is 0.246. The molecule has 0 spiro atoms. The third-order valence-corrected chi connectivity index (χ3v) is 8.31. The first-order valence-corrected chi connectivity index (χ1v) is 12.4. The van der Waals surface area contributed by atoms with E-state index in [1.165, 1.54) is 55.3 Å². The summed E-state index contributed by atoms with van der Waals surface area (Å²) in [6.45, 7) is 9.31. The minimum Gasteiger partial charge on any atom is -0.457 e. The van der Waals surface area contributed by atoms with Gasteiger partial charge >= 0.3 is 0 Å². The van der Waals surface area contributed by atoms with E-state index in [2.05, 4.69) is 119 Å². The maximum absolute atomic E-state index is 6.29. The number of benzene rings is 5. The van der Waals surface area contributed by atoms with E-state index in [0.717, 1.165) is 11.5 Å². The van der Waals surface area contributed by atoms with Gasteiger partial charge in [0, 0.05) is 22.0 Å². The largest absolute Gasteiger partial charge is 0.457 e. The third kappa shape index (κ3) is 2.82. The molecule has 1 aliphatic carbocycles. The lowest BCUT2D eigenvalue weighted by Gasteiger charge is -2.34. The van der Waals surface area contributed by atoms with Gasteiger partial charge in [0.2, 0.25) is 0 Å². The molecule has 170 valence electrons. The van der Waals surface area contributed by atoms with E-state index in [9.17, 15) is 0 Å². The minimum atomic E-state index is -0.119. The number of ether oxygens (including phenoxy) is 1. The van der Waals surface area contributed by atoms with Gasteiger partial charge in [0.1, 0.15) is 11.5 Å². The zero-order valence-electron chi connectivity index (χ0n) is 20.6. The Morgan fingerprint density at radius 2 is 1.03 bits per heavy atom. The van der Waals surface area contributed by atoms with Crippen molar-refractivity contribution in [1.82, 2.24) is 0 Å². The standard InChI is InChI=1S/C34H28O/c1-33(2)27-11-7-8-12-31(27)35-32-16-14-24(20-30(32)33)23-13-15-25-26-17-21-9-5-6-10-22(21)18-29(26)34(3,4)28(25)19-23/h5-20H,1-4H3. The summed E-state index contributed by atoms with van der Waals surface area (Å²) < 4.78 is 6.29. The first-order valence-electron chi connectivity index (χ1n) is 12.4. The van der Waals surface area contributed by atoms with Crippen molar-refractivity contribution in [2.45, 2.75) is 38.5 Å². The van der Waals surface area contributed by atoms with Crippen LogP contribution in [-0.4, -0.2) is 0 Å². The van der Waals surface area contributed by atoms with E-state index < -0.39 is 0 Å². The van der Waals surface area contributed by atoms with Gasteiger partial charge in [0.05, 0.1) is 0 Å². The van der Waals surface area contributed by atoms with Gasteiger partial charge < -0.3 is 4.74 Å². The summed E-state index contributed by atoms with van der Waals surface area (Å²) in [5.74, 6) is 1.92. The normalized spacial score (nSPS) is 16.1. The highest BCUT2D eigenvalue weighted by Crippen LogP contribution is 2.52. The van der Waals surface area contributed by atoms with Gasteiger partial charge in [-0.2, -0.15) is 0 Å². The fraction of sp³-hybridized carbons (Fsp3) is 0.176. The van der Waals surface area contributed by atoms with Crippen molar-refractivity contribution < 1.29 is 4.74 Å². The van der Waals surface area contributed by atoms with Crippen LogP contribution in [0.15, 0.2) is 97.1 Å². The average Bonchev–Trinajstić information content (AvgIpc) is 3.08. The molecule has 0 N–H and O–H groups in total. The SMILES string of the molecule is CC1(C)c2ccccc2Oc2ccc(-c3ccc4c(c3)C(C)(C)c3cc5ccccc5cc3-4)cc21. The van der Waals surface area contributed by atoms with Crippen LogP contribution in [0.1, 0.15) is 49.9 Å². The second-order valence-electron chi connectivity index (χ2n) is 11.1. The molecule has 1 nitrogen and oxygen atoms in total. The lowest BCUT2D eigenvalue weighted by molar-refractivity contribution is 0.418. The Bertz CT molecular complexity index is 1670. The predicted octanol–water partition coefficient (Wildman–Crippen LogP) is 9.24. The molecule has 0 bridgehead atoms. The highest BCUT2D eigenvalue weighted by atomic mass is 16.5. The van der Waals surface area contributed by atoms with Crippen LogP contribution < -0.4 is 4.74 Å². The van der Waals surface area contributed by atoms with Crippen molar-refractivity contribution in [2.24, 2.45) is 0 Å². The highest BCUT2D eigenvalue weighted by molar-refractivity contribution is 5.94. The van der Waals surface area contributed by atoms with Gasteiger partial charge in [0.25, 0.3) is 0 Å². The molecule has 5 aromatic rings. The molecule has 0 fully saturated rings. The van der Waals surface area contributed by atoms with Gasteiger partial charge in [-0.1, -0.05) is 88.4 Å². The second-order valence-corrected chi connectivity index (χ2v) is 11.1. The summed E-state index contributed by atoms with van der Waals surface area (Å²) in [4.78, 5) is 0. The lowest BCUT2D eigenvalue weighted by atomic mass is 9.75. The van der Waals surface area contributed by atoms with E-state index in [0.29, 0.717) is 0 Å². The summed E-state index contributed by atoms with van der Waals surface area (Å²) in [5.41, 5.74) is 10.4. The number of hydrogen-bond acceptors (Lipinski definition) is 1. The lowest BCUT2D eigenvalue weighted by Crippen LogP contribution is -2.24. The van der Waals surface area contributed by atoms with Crippen molar-refractivity contribution >= 4 is 10.8 Å². The molecule has 0 radical (unpaired) electrons. The summed E-state index contributed by atoms with van der Waals surface area (Å²) in [6.07, 6.45) is 0. The molecular formula is C34H28O. The maximum Gasteiger partial charge on any atom is 0.131 e. The summed E-state index contributed by atoms with van der Waals surface area (Å²) >= 11 is 0. The molecule has 0 atom stereocenters. The van der Waals surface area contributed by atoms with Gasteiger partial charge in [-0.15, -0.1) is 0 Å². The molecule has 1 aliphatic heterocycles. The van der Waals surface area contributed by atoms with Crippen molar-refractivity contribution in [3.05, 3.63) is 119 Å². The zero-order chi connectivity index (χ0) is 23.9. The van der Waals surface area contributed by atoms with Crippen LogP contribution in [0.2, 0.25) is 0 Å². The van der Waals surface area contributed by atoms with Crippen molar-refractivity contribution in [3.8, 4) is 33.8 Å². The van der Waals surface area contributed by atoms with Crippen LogP contribution in [0, 0.1) is 0 Å². The Kier molecular flexibility index (Phi) is 4.02. The van der Waals surface area contributed by atoms with Crippen LogP contribution in [-0.2, 0) is 10.8 Å². The minimum absolute atomic E-state index is 0.0414. The molecular weight excluding hydrogens is 424 g/mol. The van der Waals surface area contributed by atoms with Crippen molar-refractivity contribution in [1.29, 1.82) is 0 Å². The monoisotopic (exact) mass is 452 g/mol. The molecule has 0 saturated carbocycles. The summed E-state index contributed by atoms with van der Waals surface area (Å²) in [7, 11) is 0. The molecule has 1 heteroatoms. The van der Waals surface area contributed by atoms with Crippen LogP contribution in [0.3, 0.4) is 0 Å². The van der Waals surface area contributed by atoms with E-state index >= 15 is 0 Å². The van der Waals surface area contributed by atoms with Crippen LogP contribution in [0.4, 0.5) is 0 Å². The van der Waals surface area contributed by atoms with Crippen LogP contribution in [0.25, 0.3) is 33.0 Å². The first-order chi connectivity index (χ1) is 16.8. The molecule has 1 heterocycles. The molecule has 7 rings (SSSR count). The molecule has 0 amide bonds. The van der Waals surface area contributed by atoms with Crippen molar-refractivity contribution in [3.63, 3.8) is 0 Å². The Hall–Kier alpha value is -3.84. The Morgan fingerprint density at radius 3 is 1.83 bits per heavy atom. The van der Waals surface area contributed by atoms with Gasteiger partial charge in [-0.3, -0.25) is 0 Å². The fourth-order valence-corrected chi connectivity index (χ4v) is 6.22. The van der Waals surface area contributed by atoms with Crippen molar-refractivity contribution in [2.75, 3.05) is 0 Å². The number of hydrogen-bond donors (Lipinski definition) is 0. The highest BCUT2D eigenvalue weighted by Gasteiger charge is 2.37. The fourth-order valence-electron chi connectivity index (χ4n) is 6.22. The Balaban J connectivity index is 1.36. The number of rotatable bonds is 1. The topological polar surface area (TPSA) is 9.23 Å². The number of fused-ring (bicyclic) bond motifs is 6. The summed E-state index contributed by atoms with van der Waals surface area (Å²) in [5, 5.41) is 2.61. The second kappa shape index (κ2) is 6.86. The zero-order valence-corrected chi connectivity index (χ0v) is 20.6. The third-order valence-electron chi connectivity index (χ3n) is 8.31.